The predicted octanol–water partition coefficient (Wildman–Crippen LogP) is 1.80. The third-order valence-corrected chi connectivity index (χ3v) is 6.27. The summed E-state index contributed by atoms with van der Waals surface area (Å²) in [5, 5.41) is 0. The van der Waals surface area contributed by atoms with Crippen molar-refractivity contribution in [2.24, 2.45) is 5.73 Å². The Hall–Kier alpha value is -1.45. The fourth-order valence-corrected chi connectivity index (χ4v) is 4.25. The lowest BCUT2D eigenvalue weighted by Gasteiger charge is -2.15. The molecule has 138 valence electrons. The molecule has 25 heavy (non-hydrogen) atoms. The van der Waals surface area contributed by atoms with Gasteiger partial charge >= 0.3 is 0 Å². The summed E-state index contributed by atoms with van der Waals surface area (Å²) < 4.78 is 50.7. The predicted molar refractivity (Wildman–Crippen MR) is 100 cm³/mol. The fraction of sp³-hybridized carbons (Fsp3) is 0.250. The second kappa shape index (κ2) is 8.29. The van der Waals surface area contributed by atoms with Crippen LogP contribution in [0.1, 0.15) is 17.2 Å². The summed E-state index contributed by atoms with van der Waals surface area (Å²) >= 11 is 0. The third-order valence-electron chi connectivity index (χ3n) is 3.60. The molecular formula is C16H21ClN2O4S2. The van der Waals surface area contributed by atoms with Gasteiger partial charge < -0.3 is 5.73 Å². The molecule has 0 spiro atoms. The van der Waals surface area contributed by atoms with Crippen LogP contribution in [0.4, 0.5) is 0 Å². The van der Waals surface area contributed by atoms with Crippen LogP contribution in [0.15, 0.2) is 58.3 Å². The number of sulfonamides is 1. The van der Waals surface area contributed by atoms with Crippen molar-refractivity contribution < 1.29 is 16.8 Å². The summed E-state index contributed by atoms with van der Waals surface area (Å²) in [7, 11) is -7.36. The van der Waals surface area contributed by atoms with Gasteiger partial charge in [0.15, 0.2) is 9.84 Å². The minimum atomic E-state index is -3.87. The van der Waals surface area contributed by atoms with Crippen LogP contribution in [-0.4, -0.2) is 29.6 Å². The van der Waals surface area contributed by atoms with Crippen LogP contribution in [0.25, 0.3) is 0 Å². The van der Waals surface area contributed by atoms with E-state index in [2.05, 4.69) is 4.72 Å². The minimum absolute atomic E-state index is 0. The molecule has 2 aromatic rings. The molecule has 0 radical (unpaired) electrons. The topological polar surface area (TPSA) is 106 Å². The van der Waals surface area contributed by atoms with Crippen LogP contribution in [0.2, 0.25) is 0 Å². The summed E-state index contributed by atoms with van der Waals surface area (Å²) in [6, 6.07) is 12.7. The molecule has 0 saturated heterocycles. The van der Waals surface area contributed by atoms with E-state index in [-0.39, 0.29) is 28.7 Å². The van der Waals surface area contributed by atoms with Crippen LogP contribution < -0.4 is 10.5 Å². The molecule has 9 heteroatoms. The van der Waals surface area contributed by atoms with Crippen molar-refractivity contribution in [3.63, 3.8) is 0 Å². The number of nitrogens with one attached hydrogen (secondary N) is 1. The normalized spacial score (nSPS) is 13.1. The van der Waals surface area contributed by atoms with Gasteiger partial charge in [0.1, 0.15) is 0 Å². The standard InChI is InChI=1S/C16H20N2O4S2.ClH/c1-12-8-9-14(23(2,19)20)10-16(12)24(21,22)18-11-15(17)13-6-4-3-5-7-13;/h3-10,15,18H,11,17H2,1-2H3;1H. The Labute approximate surface area is 154 Å². The number of aryl methyl sites for hydroxylation is 1. The van der Waals surface area contributed by atoms with Gasteiger partial charge in [-0.25, -0.2) is 21.6 Å². The first kappa shape index (κ1) is 21.6. The Bertz CT molecular complexity index is 930. The Balaban J connectivity index is 0.00000312. The second-order valence-electron chi connectivity index (χ2n) is 5.57. The summed E-state index contributed by atoms with van der Waals surface area (Å²) in [4.78, 5) is -0.105. The van der Waals surface area contributed by atoms with Crippen molar-refractivity contribution in [1.82, 2.24) is 4.72 Å². The van der Waals surface area contributed by atoms with Gasteiger partial charge in [-0.1, -0.05) is 36.4 Å². The zero-order valence-electron chi connectivity index (χ0n) is 13.8. The number of benzene rings is 2. The molecule has 0 aliphatic carbocycles. The average Bonchev–Trinajstić information content (AvgIpc) is 2.52. The summed E-state index contributed by atoms with van der Waals surface area (Å²) in [5.41, 5.74) is 7.26. The van der Waals surface area contributed by atoms with Crippen molar-refractivity contribution in [1.29, 1.82) is 0 Å². The van der Waals surface area contributed by atoms with Gasteiger partial charge in [0.2, 0.25) is 10.0 Å². The number of sulfone groups is 1. The minimum Gasteiger partial charge on any atom is -0.323 e. The lowest BCUT2D eigenvalue weighted by atomic mass is 10.1. The highest BCUT2D eigenvalue weighted by atomic mass is 35.5. The first-order valence-electron chi connectivity index (χ1n) is 7.22. The van der Waals surface area contributed by atoms with E-state index in [9.17, 15) is 16.8 Å². The van der Waals surface area contributed by atoms with Gasteiger partial charge in [0.25, 0.3) is 0 Å². The van der Waals surface area contributed by atoms with E-state index in [4.69, 9.17) is 5.73 Å². The van der Waals surface area contributed by atoms with Gasteiger partial charge in [-0.2, -0.15) is 0 Å². The Morgan fingerprint density at radius 2 is 1.64 bits per heavy atom. The van der Waals surface area contributed by atoms with E-state index in [1.807, 2.05) is 30.3 Å². The zero-order chi connectivity index (χ0) is 18.0. The van der Waals surface area contributed by atoms with E-state index in [0.29, 0.717) is 5.56 Å². The maximum Gasteiger partial charge on any atom is 0.240 e. The van der Waals surface area contributed by atoms with E-state index < -0.39 is 25.9 Å². The molecular weight excluding hydrogens is 384 g/mol. The van der Waals surface area contributed by atoms with Crippen LogP contribution in [0, 0.1) is 6.92 Å². The Morgan fingerprint density at radius 3 is 2.20 bits per heavy atom. The van der Waals surface area contributed by atoms with Crippen LogP contribution >= 0.6 is 12.4 Å². The van der Waals surface area contributed by atoms with E-state index in [1.165, 1.54) is 18.2 Å². The van der Waals surface area contributed by atoms with E-state index in [0.717, 1.165) is 11.8 Å². The third kappa shape index (κ3) is 5.52. The van der Waals surface area contributed by atoms with Crippen LogP contribution in [0.3, 0.4) is 0 Å². The molecule has 0 aliphatic heterocycles. The summed E-state index contributed by atoms with van der Waals surface area (Å²) in [5.74, 6) is 0. The number of rotatable bonds is 6. The Morgan fingerprint density at radius 1 is 1.04 bits per heavy atom. The monoisotopic (exact) mass is 404 g/mol. The molecule has 2 rings (SSSR count). The van der Waals surface area contributed by atoms with Gasteiger partial charge in [-0.05, 0) is 30.2 Å². The number of hydrogen-bond donors (Lipinski definition) is 2. The van der Waals surface area contributed by atoms with Gasteiger partial charge in [-0.15, -0.1) is 12.4 Å². The van der Waals surface area contributed by atoms with Crippen LogP contribution in [-0.2, 0) is 19.9 Å². The quantitative estimate of drug-likeness (QED) is 0.763. The maximum atomic E-state index is 12.5. The molecule has 0 saturated carbocycles. The molecule has 1 unspecified atom stereocenters. The number of nitrogens with two attached hydrogens (primary N) is 1. The molecule has 0 aromatic heterocycles. The smallest absolute Gasteiger partial charge is 0.240 e. The van der Waals surface area contributed by atoms with Gasteiger partial charge in [0.05, 0.1) is 9.79 Å². The highest BCUT2D eigenvalue weighted by molar-refractivity contribution is 7.91. The van der Waals surface area contributed by atoms with Gasteiger partial charge in [-0.3, -0.25) is 0 Å². The second-order valence-corrected chi connectivity index (χ2v) is 9.32. The molecule has 2 aromatic carbocycles. The molecule has 3 N–H and O–H groups in total. The largest absolute Gasteiger partial charge is 0.323 e. The van der Waals surface area contributed by atoms with Crippen molar-refractivity contribution in [3.05, 3.63) is 59.7 Å². The zero-order valence-corrected chi connectivity index (χ0v) is 16.3. The highest BCUT2D eigenvalue weighted by Crippen LogP contribution is 2.20. The van der Waals surface area contributed by atoms with Crippen molar-refractivity contribution in [3.8, 4) is 0 Å². The summed E-state index contributed by atoms with van der Waals surface area (Å²) in [6.07, 6.45) is 1.03. The molecule has 0 bridgehead atoms. The molecule has 6 nitrogen and oxygen atoms in total. The first-order chi connectivity index (χ1) is 11.1. The molecule has 0 aliphatic rings. The fourth-order valence-electron chi connectivity index (χ4n) is 2.20. The number of hydrogen-bond acceptors (Lipinski definition) is 5. The molecule has 0 amide bonds. The summed E-state index contributed by atoms with van der Waals surface area (Å²) in [6.45, 7) is 1.62. The molecule has 1 atom stereocenters. The van der Waals surface area contributed by atoms with Gasteiger partial charge in [0, 0.05) is 18.8 Å². The SMILES string of the molecule is Cc1ccc(S(C)(=O)=O)cc1S(=O)(=O)NCC(N)c1ccccc1.Cl. The van der Waals surface area contributed by atoms with Crippen LogP contribution in [0.5, 0.6) is 0 Å². The first-order valence-corrected chi connectivity index (χ1v) is 10.6. The lowest BCUT2D eigenvalue weighted by Crippen LogP contribution is -2.32. The number of halogens is 1. The Kier molecular flexibility index (Phi) is 7.16. The van der Waals surface area contributed by atoms with Crippen molar-refractivity contribution >= 4 is 32.3 Å². The molecule has 0 heterocycles. The van der Waals surface area contributed by atoms with E-state index in [1.54, 1.807) is 6.92 Å². The maximum absolute atomic E-state index is 12.5. The highest BCUT2D eigenvalue weighted by Gasteiger charge is 2.20. The lowest BCUT2D eigenvalue weighted by molar-refractivity contribution is 0.571. The van der Waals surface area contributed by atoms with Crippen molar-refractivity contribution in [2.45, 2.75) is 22.8 Å². The van der Waals surface area contributed by atoms with Crippen molar-refractivity contribution in [2.75, 3.05) is 12.8 Å². The average molecular weight is 405 g/mol. The molecule has 0 fully saturated rings. The van der Waals surface area contributed by atoms with E-state index >= 15 is 0 Å².